The van der Waals surface area contributed by atoms with Gasteiger partial charge in [0.15, 0.2) is 0 Å². The Bertz CT molecular complexity index is 566. The summed E-state index contributed by atoms with van der Waals surface area (Å²) in [7, 11) is 0. The molecule has 20 heavy (non-hydrogen) atoms. The molecule has 4 heteroatoms. The third-order valence-electron chi connectivity index (χ3n) is 4.08. The highest BCUT2D eigenvalue weighted by atomic mass is 19.1. The Balaban J connectivity index is 1.88. The van der Waals surface area contributed by atoms with Crippen molar-refractivity contribution in [2.45, 2.75) is 44.6 Å². The van der Waals surface area contributed by atoms with Crippen molar-refractivity contribution in [1.82, 2.24) is 9.78 Å². The van der Waals surface area contributed by atoms with Gasteiger partial charge in [0.1, 0.15) is 11.6 Å². The minimum atomic E-state index is -0.232. The van der Waals surface area contributed by atoms with E-state index in [1.165, 1.54) is 37.8 Å². The summed E-state index contributed by atoms with van der Waals surface area (Å²) in [6.07, 6.45) is 7.40. The molecule has 1 aromatic heterocycles. The zero-order valence-electron chi connectivity index (χ0n) is 11.6. The molecule has 106 valence electrons. The van der Waals surface area contributed by atoms with Crippen LogP contribution in [0.1, 0.15) is 44.6 Å². The van der Waals surface area contributed by atoms with Crippen molar-refractivity contribution in [1.29, 1.82) is 0 Å². The molecule has 1 aliphatic rings. The summed E-state index contributed by atoms with van der Waals surface area (Å²) in [6.45, 7) is 0. The molecule has 2 N–H and O–H groups in total. The summed E-state index contributed by atoms with van der Waals surface area (Å²) in [5.41, 5.74) is 7.85. The number of halogens is 1. The van der Waals surface area contributed by atoms with E-state index in [1.807, 2.05) is 10.7 Å². The summed E-state index contributed by atoms with van der Waals surface area (Å²) in [5.74, 6) is 0.473. The smallest absolute Gasteiger partial charge is 0.123 e. The molecule has 1 aromatic carbocycles. The molecule has 2 aromatic rings. The van der Waals surface area contributed by atoms with Gasteiger partial charge in [0.2, 0.25) is 0 Å². The number of nitrogens with zero attached hydrogens (tertiary/aromatic N) is 2. The molecule has 0 radical (unpaired) electrons. The first kappa shape index (κ1) is 13.2. The molecule has 0 saturated heterocycles. The van der Waals surface area contributed by atoms with Crippen molar-refractivity contribution < 1.29 is 4.39 Å². The monoisotopic (exact) mass is 273 g/mol. The number of benzene rings is 1. The van der Waals surface area contributed by atoms with E-state index in [1.54, 1.807) is 12.1 Å². The van der Waals surface area contributed by atoms with Gasteiger partial charge in [0.05, 0.1) is 11.7 Å². The standard InChI is InChI=1S/C16H20FN3/c17-13-9-7-12(8-10-13)15-11-16(18)20(19-15)14-5-3-1-2-4-6-14/h7-11,14H,1-6,18H2. The lowest BCUT2D eigenvalue weighted by molar-refractivity contribution is 0.412. The van der Waals surface area contributed by atoms with Crippen LogP contribution in [-0.2, 0) is 0 Å². The highest BCUT2D eigenvalue weighted by Crippen LogP contribution is 2.30. The molecule has 0 spiro atoms. The van der Waals surface area contributed by atoms with Crippen LogP contribution in [0.2, 0.25) is 0 Å². The van der Waals surface area contributed by atoms with Gasteiger partial charge >= 0.3 is 0 Å². The number of hydrogen-bond donors (Lipinski definition) is 1. The van der Waals surface area contributed by atoms with Gasteiger partial charge in [0, 0.05) is 11.6 Å². The fourth-order valence-corrected chi connectivity index (χ4v) is 2.97. The molecule has 1 heterocycles. The van der Waals surface area contributed by atoms with Crippen molar-refractivity contribution in [2.24, 2.45) is 0 Å². The Morgan fingerprint density at radius 1 is 1.05 bits per heavy atom. The molecular weight excluding hydrogens is 253 g/mol. The molecule has 0 unspecified atom stereocenters. The summed E-state index contributed by atoms with van der Waals surface area (Å²) >= 11 is 0. The van der Waals surface area contributed by atoms with Gasteiger partial charge < -0.3 is 5.73 Å². The molecule has 0 amide bonds. The van der Waals surface area contributed by atoms with Crippen LogP contribution >= 0.6 is 0 Å². The maximum absolute atomic E-state index is 13.0. The van der Waals surface area contributed by atoms with E-state index in [2.05, 4.69) is 5.10 Å². The van der Waals surface area contributed by atoms with Gasteiger partial charge in [-0.1, -0.05) is 25.7 Å². The van der Waals surface area contributed by atoms with E-state index >= 15 is 0 Å². The Hall–Kier alpha value is -1.84. The van der Waals surface area contributed by atoms with Crippen LogP contribution in [-0.4, -0.2) is 9.78 Å². The molecule has 1 saturated carbocycles. The van der Waals surface area contributed by atoms with E-state index in [-0.39, 0.29) is 5.82 Å². The highest BCUT2D eigenvalue weighted by molar-refractivity contribution is 5.62. The molecule has 0 atom stereocenters. The van der Waals surface area contributed by atoms with Crippen LogP contribution in [0.25, 0.3) is 11.3 Å². The number of nitrogens with two attached hydrogens (primary N) is 1. The molecule has 3 nitrogen and oxygen atoms in total. The van der Waals surface area contributed by atoms with Crippen molar-refractivity contribution in [3.8, 4) is 11.3 Å². The fourth-order valence-electron chi connectivity index (χ4n) is 2.97. The predicted molar refractivity (Wildman–Crippen MR) is 78.8 cm³/mol. The minimum absolute atomic E-state index is 0.232. The number of aromatic nitrogens is 2. The lowest BCUT2D eigenvalue weighted by Gasteiger charge is -2.16. The van der Waals surface area contributed by atoms with Crippen molar-refractivity contribution in [2.75, 3.05) is 5.73 Å². The Morgan fingerprint density at radius 3 is 2.35 bits per heavy atom. The van der Waals surface area contributed by atoms with E-state index in [9.17, 15) is 4.39 Å². The molecule has 1 aliphatic carbocycles. The first-order valence-electron chi connectivity index (χ1n) is 7.35. The second kappa shape index (κ2) is 5.65. The SMILES string of the molecule is Nc1cc(-c2ccc(F)cc2)nn1C1CCCCCC1. The zero-order valence-corrected chi connectivity index (χ0v) is 11.6. The van der Waals surface area contributed by atoms with Crippen LogP contribution in [0.5, 0.6) is 0 Å². The summed E-state index contributed by atoms with van der Waals surface area (Å²) in [6, 6.07) is 8.69. The summed E-state index contributed by atoms with van der Waals surface area (Å²) < 4.78 is 14.9. The Labute approximate surface area is 118 Å². The van der Waals surface area contributed by atoms with E-state index in [4.69, 9.17) is 5.73 Å². The first-order valence-corrected chi connectivity index (χ1v) is 7.35. The van der Waals surface area contributed by atoms with Gasteiger partial charge in [-0.2, -0.15) is 5.10 Å². The van der Waals surface area contributed by atoms with Gasteiger partial charge in [-0.3, -0.25) is 0 Å². The Kier molecular flexibility index (Phi) is 3.72. The number of hydrogen-bond acceptors (Lipinski definition) is 2. The molecular formula is C16H20FN3. The third kappa shape index (κ3) is 2.69. The van der Waals surface area contributed by atoms with E-state index in [0.717, 1.165) is 24.1 Å². The maximum atomic E-state index is 13.0. The minimum Gasteiger partial charge on any atom is -0.384 e. The van der Waals surface area contributed by atoms with Gasteiger partial charge in [0.25, 0.3) is 0 Å². The van der Waals surface area contributed by atoms with Crippen molar-refractivity contribution in [3.63, 3.8) is 0 Å². The van der Waals surface area contributed by atoms with E-state index in [0.29, 0.717) is 11.9 Å². The second-order valence-electron chi connectivity index (χ2n) is 5.55. The molecule has 0 bridgehead atoms. The van der Waals surface area contributed by atoms with E-state index < -0.39 is 0 Å². The zero-order chi connectivity index (χ0) is 13.9. The van der Waals surface area contributed by atoms with Crippen LogP contribution in [0.4, 0.5) is 10.2 Å². The largest absolute Gasteiger partial charge is 0.384 e. The van der Waals surface area contributed by atoms with Gasteiger partial charge in [-0.15, -0.1) is 0 Å². The lowest BCUT2D eigenvalue weighted by Crippen LogP contribution is -2.12. The fraction of sp³-hybridized carbons (Fsp3) is 0.438. The number of rotatable bonds is 2. The highest BCUT2D eigenvalue weighted by Gasteiger charge is 2.18. The second-order valence-corrected chi connectivity index (χ2v) is 5.55. The van der Waals surface area contributed by atoms with Crippen LogP contribution in [0.3, 0.4) is 0 Å². The predicted octanol–water partition coefficient (Wildman–Crippen LogP) is 4.17. The lowest BCUT2D eigenvalue weighted by atomic mass is 10.1. The summed E-state index contributed by atoms with van der Waals surface area (Å²) in [5, 5.41) is 4.64. The number of nitrogen functional groups attached to an aromatic ring is 1. The van der Waals surface area contributed by atoms with Crippen molar-refractivity contribution >= 4 is 5.82 Å². The number of anilines is 1. The molecule has 1 fully saturated rings. The molecule has 3 rings (SSSR count). The van der Waals surface area contributed by atoms with Gasteiger partial charge in [-0.25, -0.2) is 9.07 Å². The van der Waals surface area contributed by atoms with Gasteiger partial charge in [-0.05, 0) is 37.1 Å². The van der Waals surface area contributed by atoms with Crippen molar-refractivity contribution in [3.05, 3.63) is 36.1 Å². The Morgan fingerprint density at radius 2 is 1.70 bits per heavy atom. The van der Waals surface area contributed by atoms with Crippen LogP contribution in [0.15, 0.2) is 30.3 Å². The third-order valence-corrected chi connectivity index (χ3v) is 4.08. The average Bonchev–Trinajstić information content (AvgIpc) is 2.67. The average molecular weight is 273 g/mol. The summed E-state index contributed by atoms with van der Waals surface area (Å²) in [4.78, 5) is 0. The topological polar surface area (TPSA) is 43.8 Å². The quantitative estimate of drug-likeness (QED) is 0.835. The normalized spacial score (nSPS) is 17.1. The molecule has 0 aliphatic heterocycles. The van der Waals surface area contributed by atoms with Crippen LogP contribution < -0.4 is 5.73 Å². The van der Waals surface area contributed by atoms with Crippen LogP contribution in [0, 0.1) is 5.82 Å². The maximum Gasteiger partial charge on any atom is 0.123 e. The first-order chi connectivity index (χ1) is 9.74.